The second kappa shape index (κ2) is 17.6. The van der Waals surface area contributed by atoms with E-state index in [1.165, 1.54) is 14.0 Å². The highest BCUT2D eigenvalue weighted by Crippen LogP contribution is 2.40. The molecule has 14 heteroatoms. The number of nitrogens with zero attached hydrogens (tertiary/aromatic N) is 1. The predicted molar refractivity (Wildman–Crippen MR) is 190 cm³/mol. The van der Waals surface area contributed by atoms with Gasteiger partial charge in [0, 0.05) is 38.1 Å². The van der Waals surface area contributed by atoms with E-state index in [4.69, 9.17) is 28.4 Å². The van der Waals surface area contributed by atoms with Crippen molar-refractivity contribution in [1.29, 1.82) is 0 Å². The quantitative estimate of drug-likeness (QED) is 0.207. The van der Waals surface area contributed by atoms with Crippen molar-refractivity contribution in [2.75, 3.05) is 27.7 Å². The number of cyclic esters (lactones) is 1. The summed E-state index contributed by atoms with van der Waals surface area (Å²) >= 11 is 0. The van der Waals surface area contributed by atoms with Crippen LogP contribution in [0.5, 0.6) is 0 Å². The lowest BCUT2D eigenvalue weighted by molar-refractivity contribution is -0.316. The maximum atomic E-state index is 14.2. The molecule has 0 spiro atoms. The summed E-state index contributed by atoms with van der Waals surface area (Å²) in [5, 5.41) is 61.0. The zero-order valence-corrected chi connectivity index (χ0v) is 33.2. The number of aliphatic hydroxyl groups excluding tert-OH is 3. The van der Waals surface area contributed by atoms with Crippen LogP contribution in [-0.4, -0.2) is 154 Å². The molecule has 3 fully saturated rings. The fraction of sp³-hybridized carbons (Fsp3) is 0.973. The summed E-state index contributed by atoms with van der Waals surface area (Å²) in [6.07, 6.45) is -8.24. The fourth-order valence-corrected chi connectivity index (χ4v) is 8.53. The third-order valence-electron chi connectivity index (χ3n) is 11.9. The van der Waals surface area contributed by atoms with Gasteiger partial charge in [0.15, 0.2) is 12.6 Å². The first-order valence-corrected chi connectivity index (χ1v) is 18.8. The van der Waals surface area contributed by atoms with Crippen LogP contribution >= 0.6 is 0 Å². The van der Waals surface area contributed by atoms with Gasteiger partial charge < -0.3 is 64.2 Å². The van der Waals surface area contributed by atoms with Crippen LogP contribution in [0.3, 0.4) is 0 Å². The van der Waals surface area contributed by atoms with Gasteiger partial charge in [-0.3, -0.25) is 4.79 Å². The van der Waals surface area contributed by atoms with Gasteiger partial charge in [0.05, 0.1) is 41.5 Å². The van der Waals surface area contributed by atoms with Gasteiger partial charge in [-0.15, -0.1) is 0 Å². The Morgan fingerprint density at radius 3 is 2.16 bits per heavy atom. The van der Waals surface area contributed by atoms with Gasteiger partial charge in [0.1, 0.15) is 30.0 Å². The molecular formula is C37H70N2O12. The molecule has 0 radical (unpaired) electrons. The third-order valence-corrected chi connectivity index (χ3v) is 11.9. The smallest absolute Gasteiger partial charge is 0.311 e. The SMILES string of the molecule is CC[C@H]1OC(=O)[C@H](C)[C@@H](OC2CC(C)(OC)C(O)C(C)O2)[C@H](C)[C@@H](OC2OC(C)CC(NC)C2O)[C@@](C)(O)C[C@@H](C)CN(C)[C@H](C)[C@@H](O)[C@]1(C)O. The van der Waals surface area contributed by atoms with Crippen LogP contribution in [0.25, 0.3) is 0 Å². The van der Waals surface area contributed by atoms with E-state index in [0.717, 1.165) is 0 Å². The second-order valence-electron chi connectivity index (χ2n) is 16.5. The normalized spacial score (nSPS) is 50.2. The summed E-state index contributed by atoms with van der Waals surface area (Å²) in [5.74, 6) is -2.59. The minimum atomic E-state index is -1.80. The standard InChI is InChI=1S/C37H70N2O12/c1-14-26-37(10,45)30(41)23(6)39(12)18-19(2)16-35(8,44)32(51-34-28(40)25(38-11)15-20(3)47-34)21(4)29(22(5)33(43)49-26)50-27-17-36(9,46-13)31(42)24(7)48-27/h19-32,34,38,40-42,44-45H,14-18H2,1-13H3/t19-,20?,21+,22-,23-,24?,25?,26-,27?,28?,29+,30-,31?,32-,34?,35+,36?,37-/m1/s1. The van der Waals surface area contributed by atoms with Gasteiger partial charge in [0.2, 0.25) is 0 Å². The van der Waals surface area contributed by atoms with Gasteiger partial charge in [-0.05, 0) is 87.7 Å². The van der Waals surface area contributed by atoms with E-state index in [1.54, 1.807) is 48.6 Å². The summed E-state index contributed by atoms with van der Waals surface area (Å²) in [7, 11) is 5.10. The largest absolute Gasteiger partial charge is 0.459 e. The van der Waals surface area contributed by atoms with E-state index < -0.39 is 96.0 Å². The van der Waals surface area contributed by atoms with Crippen molar-refractivity contribution in [3.05, 3.63) is 0 Å². The Morgan fingerprint density at radius 2 is 1.59 bits per heavy atom. The summed E-state index contributed by atoms with van der Waals surface area (Å²) in [6, 6.07) is -0.858. The van der Waals surface area contributed by atoms with Gasteiger partial charge in [-0.1, -0.05) is 20.8 Å². The van der Waals surface area contributed by atoms with Crippen LogP contribution in [0.15, 0.2) is 0 Å². The number of aliphatic hydroxyl groups is 5. The van der Waals surface area contributed by atoms with E-state index in [1.807, 2.05) is 32.7 Å². The number of ether oxygens (including phenoxy) is 6. The summed E-state index contributed by atoms with van der Waals surface area (Å²) in [4.78, 5) is 16.1. The van der Waals surface area contributed by atoms with Crippen LogP contribution in [0.4, 0.5) is 0 Å². The molecule has 14 nitrogen and oxygen atoms in total. The minimum Gasteiger partial charge on any atom is -0.459 e. The Bertz CT molecular complexity index is 1110. The van der Waals surface area contributed by atoms with Crippen LogP contribution in [0.1, 0.15) is 94.9 Å². The van der Waals surface area contributed by atoms with Gasteiger partial charge in [0.25, 0.3) is 0 Å². The molecule has 0 bridgehead atoms. The topological polar surface area (TPSA) is 189 Å². The highest BCUT2D eigenvalue weighted by atomic mass is 16.7. The number of likely N-dealkylation sites (N-methyl/N-ethyl adjacent to an activating group) is 2. The zero-order valence-electron chi connectivity index (χ0n) is 33.2. The van der Waals surface area contributed by atoms with Crippen LogP contribution in [0.2, 0.25) is 0 Å². The van der Waals surface area contributed by atoms with E-state index >= 15 is 0 Å². The van der Waals surface area contributed by atoms with Crippen molar-refractivity contribution in [3.63, 3.8) is 0 Å². The second-order valence-corrected chi connectivity index (χ2v) is 16.5. The number of carbonyl (C=O) groups is 1. The molecule has 18 atom stereocenters. The summed E-state index contributed by atoms with van der Waals surface area (Å²) in [6.45, 7) is 18.0. The molecule has 0 aromatic rings. The maximum absolute atomic E-state index is 14.2. The Labute approximate surface area is 305 Å². The molecule has 0 amide bonds. The van der Waals surface area contributed by atoms with E-state index in [-0.39, 0.29) is 37.3 Å². The number of esters is 1. The number of hydrogen-bond donors (Lipinski definition) is 6. The first-order valence-electron chi connectivity index (χ1n) is 18.8. The number of methoxy groups -OCH3 is 1. The van der Waals surface area contributed by atoms with E-state index in [2.05, 4.69) is 5.32 Å². The molecule has 0 aliphatic carbocycles. The monoisotopic (exact) mass is 734 g/mol. The van der Waals surface area contributed by atoms with E-state index in [0.29, 0.717) is 13.0 Å². The van der Waals surface area contributed by atoms with Crippen molar-refractivity contribution in [3.8, 4) is 0 Å². The molecule has 3 rings (SSSR count). The number of rotatable bonds is 7. The first-order chi connectivity index (χ1) is 23.5. The first kappa shape index (κ1) is 44.4. The summed E-state index contributed by atoms with van der Waals surface area (Å²) in [5.41, 5.74) is -4.37. The van der Waals surface area contributed by atoms with Crippen molar-refractivity contribution in [2.24, 2.45) is 17.8 Å². The molecule has 3 aliphatic heterocycles. The van der Waals surface area contributed by atoms with Crippen LogP contribution in [-0.2, 0) is 33.2 Å². The van der Waals surface area contributed by atoms with Crippen molar-refractivity contribution in [2.45, 2.75) is 185 Å². The lowest BCUT2D eigenvalue weighted by Gasteiger charge is -2.48. The van der Waals surface area contributed by atoms with Crippen molar-refractivity contribution >= 4 is 5.97 Å². The molecule has 3 heterocycles. The Hall–Kier alpha value is -1.01. The molecule has 51 heavy (non-hydrogen) atoms. The number of hydrogen-bond acceptors (Lipinski definition) is 14. The zero-order chi connectivity index (χ0) is 38.8. The molecule has 3 saturated heterocycles. The molecule has 3 aliphatic rings. The van der Waals surface area contributed by atoms with Crippen molar-refractivity contribution < 1.29 is 58.7 Å². The van der Waals surface area contributed by atoms with E-state index in [9.17, 15) is 30.3 Å². The average molecular weight is 735 g/mol. The molecule has 0 saturated carbocycles. The highest BCUT2D eigenvalue weighted by Gasteiger charge is 2.52. The summed E-state index contributed by atoms with van der Waals surface area (Å²) < 4.78 is 37.3. The van der Waals surface area contributed by atoms with Crippen LogP contribution < -0.4 is 5.32 Å². The Kier molecular flexibility index (Phi) is 15.3. The molecule has 6 N–H and O–H groups in total. The van der Waals surface area contributed by atoms with Gasteiger partial charge >= 0.3 is 5.97 Å². The molecular weight excluding hydrogens is 664 g/mol. The van der Waals surface area contributed by atoms with Crippen LogP contribution in [0, 0.1) is 17.8 Å². The average Bonchev–Trinajstić information content (AvgIpc) is 3.05. The Morgan fingerprint density at radius 1 is 0.961 bits per heavy atom. The minimum absolute atomic E-state index is 0.132. The number of nitrogens with one attached hydrogen (secondary N) is 1. The maximum Gasteiger partial charge on any atom is 0.311 e. The third kappa shape index (κ3) is 10.0. The lowest BCUT2D eigenvalue weighted by atomic mass is 9.77. The van der Waals surface area contributed by atoms with Gasteiger partial charge in [-0.25, -0.2) is 0 Å². The highest BCUT2D eigenvalue weighted by molar-refractivity contribution is 5.73. The van der Waals surface area contributed by atoms with Gasteiger partial charge in [-0.2, -0.15) is 0 Å². The van der Waals surface area contributed by atoms with Crippen molar-refractivity contribution in [1.82, 2.24) is 10.2 Å². The fourth-order valence-electron chi connectivity index (χ4n) is 8.53. The predicted octanol–water partition coefficient (Wildman–Crippen LogP) is 1.56. The molecule has 0 aromatic heterocycles. The molecule has 0 aromatic carbocycles. The Balaban J connectivity index is 2.16. The molecule has 8 unspecified atom stereocenters. The lowest BCUT2D eigenvalue weighted by Crippen LogP contribution is -2.60. The number of carbonyl (C=O) groups excluding carboxylic acids is 1. The molecule has 300 valence electrons.